The van der Waals surface area contributed by atoms with Gasteiger partial charge >= 0.3 is 0 Å². The van der Waals surface area contributed by atoms with Crippen molar-refractivity contribution in [2.75, 3.05) is 5.32 Å². The number of rotatable bonds is 4. The van der Waals surface area contributed by atoms with Gasteiger partial charge in [-0.05, 0) is 37.3 Å². The predicted octanol–water partition coefficient (Wildman–Crippen LogP) is 3.43. The molecule has 0 bridgehead atoms. The molecule has 21 heavy (non-hydrogen) atoms. The lowest BCUT2D eigenvalue weighted by Crippen LogP contribution is -2.46. The first-order valence-electron chi connectivity index (χ1n) is 6.13. The van der Waals surface area contributed by atoms with Crippen molar-refractivity contribution in [3.8, 4) is 0 Å². The van der Waals surface area contributed by atoms with Gasteiger partial charge in [0.2, 0.25) is 5.91 Å². The number of carbonyl (C=O) groups is 1. The van der Waals surface area contributed by atoms with E-state index in [0.29, 0.717) is 10.7 Å². The van der Waals surface area contributed by atoms with Crippen LogP contribution in [0.15, 0.2) is 42.5 Å². The number of nitrogens with one attached hydrogen (secondary N) is 1. The van der Waals surface area contributed by atoms with Gasteiger partial charge in [-0.3, -0.25) is 4.79 Å². The van der Waals surface area contributed by atoms with Gasteiger partial charge in [-0.25, -0.2) is 8.78 Å². The van der Waals surface area contributed by atoms with Crippen LogP contribution in [0.5, 0.6) is 0 Å². The van der Waals surface area contributed by atoms with Crippen molar-refractivity contribution in [2.24, 2.45) is 5.73 Å². The molecule has 6 heteroatoms. The second kappa shape index (κ2) is 5.69. The quantitative estimate of drug-likeness (QED) is 0.909. The lowest BCUT2D eigenvalue weighted by molar-refractivity contribution is -0.122. The van der Waals surface area contributed by atoms with Crippen LogP contribution < -0.4 is 11.1 Å². The molecule has 0 saturated carbocycles. The molecule has 0 heterocycles. The smallest absolute Gasteiger partial charge is 0.247 e. The van der Waals surface area contributed by atoms with E-state index in [4.69, 9.17) is 17.3 Å². The number of nitrogens with two attached hydrogens (primary N) is 1. The van der Waals surface area contributed by atoms with Crippen LogP contribution in [-0.2, 0) is 10.3 Å². The molecule has 1 atom stereocenters. The highest BCUT2D eigenvalue weighted by atomic mass is 35.5. The number of halogens is 3. The Morgan fingerprint density at radius 3 is 2.38 bits per heavy atom. The summed E-state index contributed by atoms with van der Waals surface area (Å²) in [6.07, 6.45) is 0. The van der Waals surface area contributed by atoms with E-state index in [1.54, 1.807) is 24.3 Å². The van der Waals surface area contributed by atoms with Gasteiger partial charge < -0.3 is 11.1 Å². The summed E-state index contributed by atoms with van der Waals surface area (Å²) in [6, 6.07) is 10.0. The van der Waals surface area contributed by atoms with Gasteiger partial charge in [0, 0.05) is 16.3 Å². The number of amides is 1. The maximum Gasteiger partial charge on any atom is 0.247 e. The molecule has 3 N–H and O–H groups in total. The van der Waals surface area contributed by atoms with Gasteiger partial charge in [0.1, 0.15) is 5.54 Å². The second-order valence-corrected chi connectivity index (χ2v) is 5.16. The molecule has 0 saturated heterocycles. The highest BCUT2D eigenvalue weighted by Gasteiger charge is 2.36. The van der Waals surface area contributed by atoms with E-state index in [1.165, 1.54) is 19.1 Å². The summed E-state index contributed by atoms with van der Waals surface area (Å²) in [5.41, 5.74) is 4.13. The Balaban J connectivity index is 2.48. The van der Waals surface area contributed by atoms with E-state index < -0.39 is 23.1 Å². The van der Waals surface area contributed by atoms with Crippen LogP contribution in [0, 0.1) is 11.6 Å². The Kier molecular flexibility index (Phi) is 4.14. The Labute approximate surface area is 125 Å². The SMILES string of the molecule is CC(Nc1ccc(Cl)cc1)(C(N)=O)c1cccc(F)c1F. The van der Waals surface area contributed by atoms with E-state index >= 15 is 0 Å². The van der Waals surface area contributed by atoms with Gasteiger partial charge in [-0.15, -0.1) is 0 Å². The summed E-state index contributed by atoms with van der Waals surface area (Å²) in [5, 5.41) is 3.34. The van der Waals surface area contributed by atoms with Crippen LogP contribution >= 0.6 is 11.6 Å². The predicted molar refractivity (Wildman–Crippen MR) is 78.0 cm³/mol. The first-order chi connectivity index (χ1) is 9.84. The van der Waals surface area contributed by atoms with Crippen LogP contribution in [0.4, 0.5) is 14.5 Å². The zero-order valence-electron chi connectivity index (χ0n) is 11.2. The number of hydrogen-bond acceptors (Lipinski definition) is 2. The van der Waals surface area contributed by atoms with Gasteiger partial charge in [0.15, 0.2) is 11.6 Å². The summed E-state index contributed by atoms with van der Waals surface area (Å²) < 4.78 is 27.4. The van der Waals surface area contributed by atoms with Gasteiger partial charge in [0.05, 0.1) is 0 Å². The second-order valence-electron chi connectivity index (χ2n) is 4.72. The van der Waals surface area contributed by atoms with E-state index in [9.17, 15) is 13.6 Å². The number of benzene rings is 2. The lowest BCUT2D eigenvalue weighted by atomic mass is 9.90. The minimum absolute atomic E-state index is 0.162. The van der Waals surface area contributed by atoms with Crippen molar-refractivity contribution in [3.63, 3.8) is 0 Å². The van der Waals surface area contributed by atoms with Crippen molar-refractivity contribution >= 4 is 23.2 Å². The number of hydrogen-bond donors (Lipinski definition) is 2. The summed E-state index contributed by atoms with van der Waals surface area (Å²) in [4.78, 5) is 11.8. The fourth-order valence-corrected chi connectivity index (χ4v) is 2.10. The third kappa shape index (κ3) is 2.97. The standard InChI is InChI=1S/C15H13ClF2N2O/c1-15(14(19)21,11-3-2-4-12(17)13(11)18)20-10-7-5-9(16)6-8-10/h2-8,20H,1H3,(H2,19,21). The number of primary amides is 1. The van der Waals surface area contributed by atoms with Crippen LogP contribution in [0.2, 0.25) is 5.02 Å². The molecule has 2 aromatic rings. The first-order valence-corrected chi connectivity index (χ1v) is 6.50. The molecular formula is C15H13ClF2N2O. The molecule has 0 radical (unpaired) electrons. The molecule has 0 fully saturated rings. The third-order valence-corrected chi connectivity index (χ3v) is 3.47. The normalized spacial score (nSPS) is 13.5. The molecule has 0 spiro atoms. The van der Waals surface area contributed by atoms with Crippen molar-refractivity contribution in [2.45, 2.75) is 12.5 Å². The van der Waals surface area contributed by atoms with Gasteiger partial charge in [-0.1, -0.05) is 23.7 Å². The topological polar surface area (TPSA) is 55.1 Å². The Morgan fingerprint density at radius 2 is 1.81 bits per heavy atom. The zero-order valence-corrected chi connectivity index (χ0v) is 11.9. The molecule has 110 valence electrons. The Bertz CT molecular complexity index is 676. The summed E-state index contributed by atoms with van der Waals surface area (Å²) in [7, 11) is 0. The molecular weight excluding hydrogens is 298 g/mol. The Morgan fingerprint density at radius 1 is 1.19 bits per heavy atom. The average molecular weight is 311 g/mol. The van der Waals surface area contributed by atoms with Crippen LogP contribution in [0.1, 0.15) is 12.5 Å². The molecule has 1 unspecified atom stereocenters. The molecule has 1 amide bonds. The van der Waals surface area contributed by atoms with E-state index in [0.717, 1.165) is 6.07 Å². The van der Waals surface area contributed by atoms with E-state index in [2.05, 4.69) is 5.32 Å². The Hall–Kier alpha value is -2.14. The van der Waals surface area contributed by atoms with Crippen molar-refractivity contribution in [1.29, 1.82) is 0 Å². The average Bonchev–Trinajstić information content (AvgIpc) is 2.44. The molecule has 2 aromatic carbocycles. The van der Waals surface area contributed by atoms with Crippen LogP contribution in [-0.4, -0.2) is 5.91 Å². The van der Waals surface area contributed by atoms with Gasteiger partial charge in [-0.2, -0.15) is 0 Å². The van der Waals surface area contributed by atoms with Crippen LogP contribution in [0.3, 0.4) is 0 Å². The van der Waals surface area contributed by atoms with Crippen molar-refractivity contribution < 1.29 is 13.6 Å². The van der Waals surface area contributed by atoms with E-state index in [1.807, 2.05) is 0 Å². The van der Waals surface area contributed by atoms with Crippen molar-refractivity contribution in [3.05, 3.63) is 64.7 Å². The van der Waals surface area contributed by atoms with E-state index in [-0.39, 0.29) is 5.56 Å². The maximum atomic E-state index is 14.0. The zero-order chi connectivity index (χ0) is 15.6. The molecule has 0 aromatic heterocycles. The summed E-state index contributed by atoms with van der Waals surface area (Å²) in [6.45, 7) is 1.39. The minimum atomic E-state index is -1.60. The third-order valence-electron chi connectivity index (χ3n) is 3.22. The first kappa shape index (κ1) is 15.3. The molecule has 0 aliphatic carbocycles. The fourth-order valence-electron chi connectivity index (χ4n) is 1.97. The minimum Gasteiger partial charge on any atom is -0.368 e. The fraction of sp³-hybridized carbons (Fsp3) is 0.133. The molecule has 0 aliphatic heterocycles. The lowest BCUT2D eigenvalue weighted by Gasteiger charge is -2.29. The van der Waals surface area contributed by atoms with Crippen molar-refractivity contribution in [1.82, 2.24) is 0 Å². The molecule has 2 rings (SSSR count). The monoisotopic (exact) mass is 310 g/mol. The number of anilines is 1. The highest BCUT2D eigenvalue weighted by molar-refractivity contribution is 6.30. The van der Waals surface area contributed by atoms with Gasteiger partial charge in [0.25, 0.3) is 0 Å². The largest absolute Gasteiger partial charge is 0.368 e. The summed E-state index contributed by atoms with van der Waals surface area (Å²) >= 11 is 5.78. The molecule has 0 aliphatic rings. The molecule has 3 nitrogen and oxygen atoms in total. The number of carbonyl (C=O) groups excluding carboxylic acids is 1. The highest BCUT2D eigenvalue weighted by Crippen LogP contribution is 2.29. The summed E-state index contributed by atoms with van der Waals surface area (Å²) in [5.74, 6) is -2.99. The van der Waals surface area contributed by atoms with Crippen LogP contribution in [0.25, 0.3) is 0 Å². The maximum absolute atomic E-state index is 14.0.